The molecule has 2 aromatic rings. The summed E-state index contributed by atoms with van der Waals surface area (Å²) in [6.07, 6.45) is 0.950. The van der Waals surface area contributed by atoms with Crippen LogP contribution in [-0.4, -0.2) is 12.5 Å². The highest BCUT2D eigenvalue weighted by Crippen LogP contribution is 2.14. The molecular formula is C17H20N2O2. The Balaban J connectivity index is 1.82. The molecule has 0 aliphatic carbocycles. The molecule has 0 bridgehead atoms. The number of nitrogens with two attached hydrogens (primary N) is 1. The van der Waals surface area contributed by atoms with E-state index in [9.17, 15) is 4.79 Å². The molecule has 110 valence electrons. The van der Waals surface area contributed by atoms with E-state index >= 15 is 0 Å². The lowest BCUT2D eigenvalue weighted by atomic mass is 10.1. The fourth-order valence-corrected chi connectivity index (χ4v) is 2.07. The highest BCUT2D eigenvalue weighted by Gasteiger charge is 2.05. The third kappa shape index (κ3) is 4.53. The summed E-state index contributed by atoms with van der Waals surface area (Å²) < 4.78 is 5.40. The molecule has 1 amide bonds. The van der Waals surface area contributed by atoms with Gasteiger partial charge in [0, 0.05) is 18.3 Å². The molecule has 21 heavy (non-hydrogen) atoms. The highest BCUT2D eigenvalue weighted by atomic mass is 16.5. The number of rotatable bonds is 6. The average molecular weight is 284 g/mol. The second kappa shape index (κ2) is 7.33. The molecule has 2 rings (SSSR count). The van der Waals surface area contributed by atoms with Crippen molar-refractivity contribution < 1.29 is 9.53 Å². The Hall–Kier alpha value is -2.49. The van der Waals surface area contributed by atoms with Crippen molar-refractivity contribution in [3.05, 3.63) is 59.7 Å². The van der Waals surface area contributed by atoms with E-state index in [1.165, 1.54) is 5.56 Å². The van der Waals surface area contributed by atoms with E-state index in [4.69, 9.17) is 10.5 Å². The van der Waals surface area contributed by atoms with E-state index in [2.05, 4.69) is 18.3 Å². The van der Waals surface area contributed by atoms with Crippen LogP contribution >= 0.6 is 0 Å². The zero-order valence-corrected chi connectivity index (χ0v) is 12.1. The SMILES string of the molecule is CCc1ccccc1CNC(=O)COc1cccc(N)c1. The van der Waals surface area contributed by atoms with Gasteiger partial charge in [-0.2, -0.15) is 0 Å². The molecule has 0 fully saturated rings. The first-order chi connectivity index (χ1) is 10.2. The van der Waals surface area contributed by atoms with Crippen molar-refractivity contribution in [3.63, 3.8) is 0 Å². The number of carbonyl (C=O) groups is 1. The Bertz CT molecular complexity index is 611. The zero-order chi connectivity index (χ0) is 15.1. The molecule has 3 N–H and O–H groups in total. The maximum Gasteiger partial charge on any atom is 0.258 e. The number of benzene rings is 2. The molecule has 2 aromatic carbocycles. The van der Waals surface area contributed by atoms with Crippen molar-refractivity contribution in [2.75, 3.05) is 12.3 Å². The van der Waals surface area contributed by atoms with Crippen LogP contribution in [-0.2, 0) is 17.8 Å². The first kappa shape index (κ1) is 14.9. The molecule has 0 saturated heterocycles. The Kier molecular flexibility index (Phi) is 5.21. The number of amides is 1. The third-order valence-electron chi connectivity index (χ3n) is 3.20. The first-order valence-corrected chi connectivity index (χ1v) is 7.01. The second-order valence-electron chi connectivity index (χ2n) is 4.76. The molecule has 0 unspecified atom stereocenters. The van der Waals surface area contributed by atoms with E-state index in [1.807, 2.05) is 18.2 Å². The normalized spacial score (nSPS) is 10.1. The number of hydrogen-bond donors (Lipinski definition) is 2. The van der Waals surface area contributed by atoms with Gasteiger partial charge in [-0.25, -0.2) is 0 Å². The van der Waals surface area contributed by atoms with Crippen LogP contribution in [0.5, 0.6) is 5.75 Å². The zero-order valence-electron chi connectivity index (χ0n) is 12.1. The topological polar surface area (TPSA) is 64.3 Å². The van der Waals surface area contributed by atoms with E-state index in [0.29, 0.717) is 18.0 Å². The minimum absolute atomic E-state index is 0.0161. The molecule has 0 spiro atoms. The molecule has 4 heteroatoms. The van der Waals surface area contributed by atoms with Gasteiger partial charge in [-0.3, -0.25) is 4.79 Å². The number of anilines is 1. The fraction of sp³-hybridized carbons (Fsp3) is 0.235. The average Bonchev–Trinajstić information content (AvgIpc) is 2.51. The molecule has 4 nitrogen and oxygen atoms in total. The van der Waals surface area contributed by atoms with Crippen molar-refractivity contribution >= 4 is 11.6 Å². The van der Waals surface area contributed by atoms with Crippen molar-refractivity contribution in [1.29, 1.82) is 0 Å². The van der Waals surface area contributed by atoms with Gasteiger partial charge in [-0.15, -0.1) is 0 Å². The van der Waals surface area contributed by atoms with Crippen LogP contribution in [0.1, 0.15) is 18.1 Å². The predicted molar refractivity (Wildman–Crippen MR) is 84.0 cm³/mol. The van der Waals surface area contributed by atoms with Crippen LogP contribution < -0.4 is 15.8 Å². The Morgan fingerprint density at radius 1 is 1.14 bits per heavy atom. The number of hydrogen-bond acceptors (Lipinski definition) is 3. The van der Waals surface area contributed by atoms with Crippen LogP contribution in [0.2, 0.25) is 0 Å². The van der Waals surface area contributed by atoms with E-state index in [0.717, 1.165) is 12.0 Å². The maximum absolute atomic E-state index is 11.8. The van der Waals surface area contributed by atoms with Crippen LogP contribution in [0.3, 0.4) is 0 Å². The molecule has 0 saturated carbocycles. The molecular weight excluding hydrogens is 264 g/mol. The van der Waals surface area contributed by atoms with E-state index in [-0.39, 0.29) is 12.5 Å². The standard InChI is InChI=1S/C17H20N2O2/c1-2-13-6-3-4-7-14(13)11-19-17(20)12-21-16-9-5-8-15(18)10-16/h3-10H,2,11-12,18H2,1H3,(H,19,20). The molecule has 0 heterocycles. The largest absolute Gasteiger partial charge is 0.484 e. The Labute approximate surface area is 124 Å². The van der Waals surface area contributed by atoms with Gasteiger partial charge in [0.2, 0.25) is 0 Å². The lowest BCUT2D eigenvalue weighted by Crippen LogP contribution is -2.28. The minimum Gasteiger partial charge on any atom is -0.484 e. The summed E-state index contributed by atoms with van der Waals surface area (Å²) in [4.78, 5) is 11.8. The maximum atomic E-state index is 11.8. The van der Waals surface area contributed by atoms with Crippen molar-refractivity contribution in [2.45, 2.75) is 19.9 Å². The molecule has 0 aliphatic heterocycles. The van der Waals surface area contributed by atoms with E-state index < -0.39 is 0 Å². The second-order valence-corrected chi connectivity index (χ2v) is 4.76. The number of nitrogen functional groups attached to an aromatic ring is 1. The van der Waals surface area contributed by atoms with Gasteiger partial charge in [0.05, 0.1) is 0 Å². The Morgan fingerprint density at radius 3 is 2.62 bits per heavy atom. The summed E-state index contributed by atoms with van der Waals surface area (Å²) in [6, 6.07) is 15.1. The Morgan fingerprint density at radius 2 is 1.90 bits per heavy atom. The fourth-order valence-electron chi connectivity index (χ4n) is 2.07. The van der Waals surface area contributed by atoms with Crippen LogP contribution in [0.25, 0.3) is 0 Å². The lowest BCUT2D eigenvalue weighted by molar-refractivity contribution is -0.123. The van der Waals surface area contributed by atoms with Crippen molar-refractivity contribution in [3.8, 4) is 5.75 Å². The van der Waals surface area contributed by atoms with Gasteiger partial charge in [0.15, 0.2) is 6.61 Å². The molecule has 0 atom stereocenters. The van der Waals surface area contributed by atoms with Crippen molar-refractivity contribution in [2.24, 2.45) is 0 Å². The summed E-state index contributed by atoms with van der Waals surface area (Å²) >= 11 is 0. The monoisotopic (exact) mass is 284 g/mol. The number of aryl methyl sites for hydroxylation is 1. The number of nitrogens with one attached hydrogen (secondary N) is 1. The van der Waals surface area contributed by atoms with Gasteiger partial charge in [-0.05, 0) is 29.7 Å². The smallest absolute Gasteiger partial charge is 0.258 e. The molecule has 0 aliphatic rings. The summed E-state index contributed by atoms with van der Waals surface area (Å²) in [7, 11) is 0. The van der Waals surface area contributed by atoms with E-state index in [1.54, 1.807) is 24.3 Å². The summed E-state index contributed by atoms with van der Waals surface area (Å²) in [6.45, 7) is 2.60. The summed E-state index contributed by atoms with van der Waals surface area (Å²) in [5.41, 5.74) is 8.65. The van der Waals surface area contributed by atoms with Crippen LogP contribution in [0.15, 0.2) is 48.5 Å². The van der Waals surface area contributed by atoms with Gasteiger partial charge in [0.1, 0.15) is 5.75 Å². The van der Waals surface area contributed by atoms with Gasteiger partial charge in [0.25, 0.3) is 5.91 Å². The predicted octanol–water partition coefficient (Wildman–Crippen LogP) is 2.53. The van der Waals surface area contributed by atoms with Crippen molar-refractivity contribution in [1.82, 2.24) is 5.32 Å². The number of ether oxygens (including phenoxy) is 1. The van der Waals surface area contributed by atoms with Crippen LogP contribution in [0, 0.1) is 0 Å². The number of carbonyl (C=O) groups excluding carboxylic acids is 1. The van der Waals surface area contributed by atoms with Crippen LogP contribution in [0.4, 0.5) is 5.69 Å². The molecule has 0 aromatic heterocycles. The quantitative estimate of drug-likeness (QED) is 0.801. The lowest BCUT2D eigenvalue weighted by Gasteiger charge is -2.10. The summed E-state index contributed by atoms with van der Waals surface area (Å²) in [5, 5.41) is 2.86. The highest BCUT2D eigenvalue weighted by molar-refractivity contribution is 5.77. The summed E-state index contributed by atoms with van der Waals surface area (Å²) in [5.74, 6) is 0.447. The molecule has 0 radical (unpaired) electrons. The minimum atomic E-state index is -0.150. The first-order valence-electron chi connectivity index (χ1n) is 7.01. The van der Waals surface area contributed by atoms with Gasteiger partial charge >= 0.3 is 0 Å². The third-order valence-corrected chi connectivity index (χ3v) is 3.20. The van der Waals surface area contributed by atoms with Gasteiger partial charge in [-0.1, -0.05) is 37.3 Å². The van der Waals surface area contributed by atoms with Gasteiger partial charge < -0.3 is 15.8 Å².